The number of nitrogens with zero attached hydrogens (tertiary/aromatic N) is 2. The number of benzene rings is 1. The van der Waals surface area contributed by atoms with Crippen LogP contribution in [0.3, 0.4) is 0 Å². The number of nitrogens with one attached hydrogen (secondary N) is 1. The van der Waals surface area contributed by atoms with Crippen LogP contribution in [-0.4, -0.2) is 47.9 Å². The Balaban J connectivity index is 1.47. The zero-order valence-electron chi connectivity index (χ0n) is 15.2. The highest BCUT2D eigenvalue weighted by atomic mass is 79.9. The molecule has 1 saturated heterocycles. The van der Waals surface area contributed by atoms with Gasteiger partial charge >= 0.3 is 0 Å². The van der Waals surface area contributed by atoms with Crippen LogP contribution in [0.15, 0.2) is 46.3 Å². The predicted molar refractivity (Wildman–Crippen MR) is 111 cm³/mol. The quantitative estimate of drug-likeness (QED) is 0.719. The summed E-state index contributed by atoms with van der Waals surface area (Å²) in [5, 5.41) is 3.10. The Bertz CT molecular complexity index is 698. The van der Waals surface area contributed by atoms with E-state index in [-0.39, 0.29) is 11.9 Å². The van der Waals surface area contributed by atoms with Gasteiger partial charge in [0.1, 0.15) is 0 Å². The molecular weight excluding hydrogens is 410 g/mol. The van der Waals surface area contributed by atoms with E-state index in [4.69, 9.17) is 0 Å². The first-order chi connectivity index (χ1) is 12.7. The average molecular weight is 436 g/mol. The van der Waals surface area contributed by atoms with Gasteiger partial charge in [-0.2, -0.15) is 0 Å². The third-order valence-corrected chi connectivity index (χ3v) is 6.46. The van der Waals surface area contributed by atoms with Gasteiger partial charge in [-0.1, -0.05) is 37.3 Å². The monoisotopic (exact) mass is 435 g/mol. The van der Waals surface area contributed by atoms with Gasteiger partial charge in [0.25, 0.3) is 0 Å². The summed E-state index contributed by atoms with van der Waals surface area (Å²) in [5.74, 6) is 0.145. The first-order valence-corrected chi connectivity index (χ1v) is 10.8. The topological polar surface area (TPSA) is 35.6 Å². The van der Waals surface area contributed by atoms with Crippen molar-refractivity contribution in [2.75, 3.05) is 26.2 Å². The molecule has 26 heavy (non-hydrogen) atoms. The largest absolute Gasteiger partial charge is 0.351 e. The molecule has 1 aromatic carbocycles. The first-order valence-electron chi connectivity index (χ1n) is 9.18. The molecule has 1 atom stereocenters. The van der Waals surface area contributed by atoms with Crippen molar-refractivity contribution in [3.63, 3.8) is 0 Å². The van der Waals surface area contributed by atoms with Gasteiger partial charge in [0.2, 0.25) is 5.91 Å². The van der Waals surface area contributed by atoms with Crippen molar-refractivity contribution < 1.29 is 4.79 Å². The highest BCUT2D eigenvalue weighted by molar-refractivity contribution is 9.11. The van der Waals surface area contributed by atoms with Crippen molar-refractivity contribution in [2.24, 2.45) is 0 Å². The lowest BCUT2D eigenvalue weighted by Gasteiger charge is -2.38. The first kappa shape index (κ1) is 19.5. The molecule has 1 fully saturated rings. The lowest BCUT2D eigenvalue weighted by molar-refractivity contribution is -0.127. The average Bonchev–Trinajstić information content (AvgIpc) is 3.07. The summed E-state index contributed by atoms with van der Waals surface area (Å²) in [7, 11) is 0. The maximum atomic E-state index is 12.7. The summed E-state index contributed by atoms with van der Waals surface area (Å²) in [4.78, 5) is 18.8. The Labute approximate surface area is 168 Å². The van der Waals surface area contributed by atoms with Crippen LogP contribution in [0.1, 0.15) is 23.8 Å². The van der Waals surface area contributed by atoms with Crippen molar-refractivity contribution >= 4 is 33.2 Å². The Hall–Kier alpha value is -1.21. The van der Waals surface area contributed by atoms with E-state index in [0.29, 0.717) is 6.54 Å². The maximum Gasteiger partial charge on any atom is 0.237 e. The van der Waals surface area contributed by atoms with Gasteiger partial charge in [-0.15, -0.1) is 11.3 Å². The number of carbonyl (C=O) groups excluding carboxylic acids is 1. The molecule has 0 spiro atoms. The summed E-state index contributed by atoms with van der Waals surface area (Å²) in [6.07, 6.45) is 0.846. The van der Waals surface area contributed by atoms with Crippen molar-refractivity contribution in [1.82, 2.24) is 15.1 Å². The molecule has 2 aromatic rings. The second-order valence-electron chi connectivity index (χ2n) is 6.65. The second-order valence-corrected chi connectivity index (χ2v) is 9.19. The van der Waals surface area contributed by atoms with Crippen molar-refractivity contribution in [1.29, 1.82) is 0 Å². The number of thiophene rings is 1. The number of halogens is 1. The van der Waals surface area contributed by atoms with Crippen molar-refractivity contribution in [2.45, 2.75) is 32.5 Å². The van der Waals surface area contributed by atoms with Gasteiger partial charge in [0.05, 0.1) is 9.83 Å². The summed E-state index contributed by atoms with van der Waals surface area (Å²) in [5.41, 5.74) is 1.14. The molecule has 3 rings (SSSR count). The molecular formula is C20H26BrN3OS. The van der Waals surface area contributed by atoms with Crippen LogP contribution in [-0.2, 0) is 17.9 Å². The van der Waals surface area contributed by atoms with E-state index in [2.05, 4.69) is 50.1 Å². The van der Waals surface area contributed by atoms with Gasteiger partial charge in [-0.05, 0) is 40.0 Å². The minimum Gasteiger partial charge on any atom is -0.351 e. The molecule has 1 aliphatic heterocycles. The molecule has 0 radical (unpaired) electrons. The zero-order chi connectivity index (χ0) is 18.4. The highest BCUT2D eigenvalue weighted by Crippen LogP contribution is 2.24. The van der Waals surface area contributed by atoms with Crippen LogP contribution in [0.4, 0.5) is 0 Å². The fourth-order valence-electron chi connectivity index (χ4n) is 3.40. The van der Waals surface area contributed by atoms with E-state index in [0.717, 1.165) is 44.7 Å². The lowest BCUT2D eigenvalue weighted by Crippen LogP contribution is -2.54. The molecule has 0 bridgehead atoms. The Morgan fingerprint density at radius 1 is 1.15 bits per heavy atom. The van der Waals surface area contributed by atoms with Crippen molar-refractivity contribution in [3.8, 4) is 0 Å². The van der Waals surface area contributed by atoms with E-state index < -0.39 is 0 Å². The van der Waals surface area contributed by atoms with Crippen LogP contribution < -0.4 is 5.32 Å². The summed E-state index contributed by atoms with van der Waals surface area (Å²) in [6, 6.07) is 14.4. The highest BCUT2D eigenvalue weighted by Gasteiger charge is 2.27. The number of rotatable bonds is 7. The molecule has 0 unspecified atom stereocenters. The van der Waals surface area contributed by atoms with Crippen LogP contribution in [0.2, 0.25) is 0 Å². The third kappa shape index (κ3) is 5.39. The predicted octanol–water partition coefficient (Wildman–Crippen LogP) is 3.72. The van der Waals surface area contributed by atoms with Gasteiger partial charge in [-0.3, -0.25) is 14.6 Å². The molecule has 1 amide bonds. The van der Waals surface area contributed by atoms with Gasteiger partial charge in [-0.25, -0.2) is 0 Å². The number of hydrogen-bond acceptors (Lipinski definition) is 4. The van der Waals surface area contributed by atoms with E-state index in [9.17, 15) is 4.79 Å². The maximum absolute atomic E-state index is 12.7. The van der Waals surface area contributed by atoms with Crippen LogP contribution in [0, 0.1) is 0 Å². The third-order valence-electron chi connectivity index (χ3n) is 4.85. The molecule has 0 aliphatic carbocycles. The molecule has 4 nitrogen and oxygen atoms in total. The second kappa shape index (κ2) is 9.65. The SMILES string of the molecule is CC[C@H](C(=O)NCc1ccccc1)N1CCN(Cc2ccc(Br)s2)CC1. The minimum absolute atomic E-state index is 0.0308. The smallest absolute Gasteiger partial charge is 0.237 e. The minimum atomic E-state index is -0.0308. The van der Waals surface area contributed by atoms with Gasteiger partial charge in [0.15, 0.2) is 0 Å². The lowest BCUT2D eigenvalue weighted by atomic mass is 10.1. The molecule has 2 heterocycles. The fourth-order valence-corrected chi connectivity index (χ4v) is 4.93. The normalized spacial score (nSPS) is 17.2. The number of carbonyl (C=O) groups is 1. The fraction of sp³-hybridized carbons (Fsp3) is 0.450. The van der Waals surface area contributed by atoms with Crippen LogP contribution in [0.5, 0.6) is 0 Å². The van der Waals surface area contributed by atoms with E-state index in [1.807, 2.05) is 30.3 Å². The number of hydrogen-bond donors (Lipinski definition) is 1. The van der Waals surface area contributed by atoms with Crippen molar-refractivity contribution in [3.05, 3.63) is 56.7 Å². The Kier molecular flexibility index (Phi) is 7.25. The van der Waals surface area contributed by atoms with Crippen LogP contribution >= 0.6 is 27.3 Å². The van der Waals surface area contributed by atoms with Gasteiger partial charge in [0, 0.05) is 44.1 Å². The molecule has 1 N–H and O–H groups in total. The zero-order valence-corrected chi connectivity index (χ0v) is 17.6. The van der Waals surface area contributed by atoms with Crippen LogP contribution in [0.25, 0.3) is 0 Å². The molecule has 6 heteroatoms. The number of piperazine rings is 1. The summed E-state index contributed by atoms with van der Waals surface area (Å²) >= 11 is 5.33. The Morgan fingerprint density at radius 2 is 1.88 bits per heavy atom. The molecule has 140 valence electrons. The summed E-state index contributed by atoms with van der Waals surface area (Å²) in [6.45, 7) is 7.62. The van der Waals surface area contributed by atoms with Gasteiger partial charge < -0.3 is 5.32 Å². The van der Waals surface area contributed by atoms with E-state index in [1.165, 1.54) is 8.66 Å². The van der Waals surface area contributed by atoms with E-state index >= 15 is 0 Å². The number of amides is 1. The summed E-state index contributed by atoms with van der Waals surface area (Å²) < 4.78 is 1.19. The molecule has 1 aromatic heterocycles. The molecule has 0 saturated carbocycles. The standard InChI is InChI=1S/C20H26BrN3OS/c1-2-18(20(25)22-14-16-6-4-3-5-7-16)24-12-10-23(11-13-24)15-17-8-9-19(21)26-17/h3-9,18H,2,10-15H2,1H3,(H,22,25)/t18-/m1/s1. The Morgan fingerprint density at radius 3 is 2.50 bits per heavy atom. The van der Waals surface area contributed by atoms with E-state index in [1.54, 1.807) is 11.3 Å². The molecule has 1 aliphatic rings.